The molecule has 0 spiro atoms. The van der Waals surface area contributed by atoms with E-state index in [4.69, 9.17) is 5.11 Å². The number of hydrogen-bond donors (Lipinski definition) is 3. The van der Waals surface area contributed by atoms with Crippen LogP contribution >= 0.6 is 12.6 Å². The Bertz CT molecular complexity index is 418. The average Bonchev–Trinajstić information content (AvgIpc) is 2.31. The maximum absolute atomic E-state index is 12.2. The van der Waals surface area contributed by atoms with Gasteiger partial charge in [0.15, 0.2) is 0 Å². The number of carbonyl (C=O) groups excluding carboxylic acids is 1. The van der Waals surface area contributed by atoms with E-state index < -0.39 is 0 Å². The standard InChI is InChI=1S/C14H21NO2S/c1-9(2)13(6-7-16)15-14(17)12-8-11(18)5-4-10(12)3/h4-5,8-9,13,16,18H,6-7H2,1-3H3,(H,15,17). The minimum Gasteiger partial charge on any atom is -0.396 e. The van der Waals surface area contributed by atoms with Gasteiger partial charge >= 0.3 is 0 Å². The number of hydrogen-bond acceptors (Lipinski definition) is 3. The summed E-state index contributed by atoms with van der Waals surface area (Å²) in [5.41, 5.74) is 1.57. The molecular formula is C14H21NO2S. The second-order valence-corrected chi connectivity index (χ2v) is 5.35. The predicted octanol–water partition coefficient (Wildman–Crippen LogP) is 2.42. The molecule has 0 aliphatic rings. The van der Waals surface area contributed by atoms with E-state index in [0.29, 0.717) is 17.9 Å². The van der Waals surface area contributed by atoms with Crippen LogP contribution in [0.3, 0.4) is 0 Å². The van der Waals surface area contributed by atoms with Crippen LogP contribution < -0.4 is 5.32 Å². The van der Waals surface area contributed by atoms with E-state index in [2.05, 4.69) is 17.9 Å². The number of nitrogens with one attached hydrogen (secondary N) is 1. The fourth-order valence-electron chi connectivity index (χ4n) is 1.81. The van der Waals surface area contributed by atoms with Crippen LogP contribution in [0, 0.1) is 12.8 Å². The van der Waals surface area contributed by atoms with E-state index in [1.165, 1.54) is 0 Å². The molecule has 1 atom stereocenters. The molecule has 1 aromatic carbocycles. The Labute approximate surface area is 114 Å². The molecule has 100 valence electrons. The van der Waals surface area contributed by atoms with Gasteiger partial charge in [-0.25, -0.2) is 0 Å². The number of thiol groups is 1. The highest BCUT2D eigenvalue weighted by molar-refractivity contribution is 7.80. The molecule has 0 bridgehead atoms. The van der Waals surface area contributed by atoms with Crippen LogP contribution in [0.2, 0.25) is 0 Å². The lowest BCUT2D eigenvalue weighted by Gasteiger charge is -2.22. The fraction of sp³-hybridized carbons (Fsp3) is 0.500. The Morgan fingerprint density at radius 1 is 1.44 bits per heavy atom. The highest BCUT2D eigenvalue weighted by Crippen LogP contribution is 2.15. The van der Waals surface area contributed by atoms with Crippen LogP contribution in [0.4, 0.5) is 0 Å². The molecular weight excluding hydrogens is 246 g/mol. The van der Waals surface area contributed by atoms with E-state index in [1.807, 2.05) is 32.9 Å². The maximum atomic E-state index is 12.2. The minimum absolute atomic E-state index is 0.00882. The van der Waals surface area contributed by atoms with E-state index in [0.717, 1.165) is 10.5 Å². The van der Waals surface area contributed by atoms with Gasteiger partial charge in [0.2, 0.25) is 0 Å². The van der Waals surface area contributed by atoms with Crippen molar-refractivity contribution in [3.8, 4) is 0 Å². The zero-order valence-electron chi connectivity index (χ0n) is 11.1. The van der Waals surface area contributed by atoms with Gasteiger partial charge in [-0.2, -0.15) is 0 Å². The first kappa shape index (κ1) is 15.1. The number of amides is 1. The zero-order chi connectivity index (χ0) is 13.7. The Kier molecular flexibility index (Phi) is 5.69. The lowest BCUT2D eigenvalue weighted by Crippen LogP contribution is -2.39. The molecule has 2 N–H and O–H groups in total. The predicted molar refractivity (Wildman–Crippen MR) is 76.2 cm³/mol. The van der Waals surface area contributed by atoms with Crippen molar-refractivity contribution in [2.75, 3.05) is 6.61 Å². The van der Waals surface area contributed by atoms with Crippen molar-refractivity contribution in [3.05, 3.63) is 29.3 Å². The van der Waals surface area contributed by atoms with Gasteiger partial charge in [0.1, 0.15) is 0 Å². The number of aliphatic hydroxyl groups excluding tert-OH is 1. The van der Waals surface area contributed by atoms with Gasteiger partial charge in [-0.15, -0.1) is 12.6 Å². The van der Waals surface area contributed by atoms with Gasteiger partial charge in [0, 0.05) is 23.1 Å². The second-order valence-electron chi connectivity index (χ2n) is 4.84. The van der Waals surface area contributed by atoms with Crippen molar-refractivity contribution in [1.29, 1.82) is 0 Å². The molecule has 1 rings (SSSR count). The molecule has 0 radical (unpaired) electrons. The topological polar surface area (TPSA) is 49.3 Å². The second kappa shape index (κ2) is 6.81. The van der Waals surface area contributed by atoms with Crippen LogP contribution in [-0.4, -0.2) is 23.7 Å². The first-order valence-corrected chi connectivity index (χ1v) is 6.61. The lowest BCUT2D eigenvalue weighted by molar-refractivity contribution is 0.0916. The third kappa shape index (κ3) is 4.03. The molecule has 0 aliphatic carbocycles. The molecule has 0 aromatic heterocycles. The summed E-state index contributed by atoms with van der Waals surface area (Å²) in [4.78, 5) is 13.0. The Balaban J connectivity index is 2.83. The molecule has 1 aromatic rings. The Hall–Kier alpha value is -1.00. The van der Waals surface area contributed by atoms with Crippen molar-refractivity contribution in [2.24, 2.45) is 5.92 Å². The number of aliphatic hydroxyl groups is 1. The van der Waals surface area contributed by atoms with Gasteiger partial charge in [0.25, 0.3) is 5.91 Å². The van der Waals surface area contributed by atoms with E-state index in [1.54, 1.807) is 6.07 Å². The molecule has 1 unspecified atom stereocenters. The third-order valence-electron chi connectivity index (χ3n) is 3.03. The van der Waals surface area contributed by atoms with Crippen molar-refractivity contribution < 1.29 is 9.90 Å². The first-order chi connectivity index (χ1) is 8.45. The molecule has 0 saturated carbocycles. The smallest absolute Gasteiger partial charge is 0.251 e. The summed E-state index contributed by atoms with van der Waals surface area (Å²) in [5, 5.41) is 12.0. The van der Waals surface area contributed by atoms with Gasteiger partial charge < -0.3 is 10.4 Å². The van der Waals surface area contributed by atoms with Crippen molar-refractivity contribution in [3.63, 3.8) is 0 Å². The van der Waals surface area contributed by atoms with Gasteiger partial charge in [-0.05, 0) is 37.0 Å². The largest absolute Gasteiger partial charge is 0.396 e. The SMILES string of the molecule is Cc1ccc(S)cc1C(=O)NC(CCO)C(C)C. The molecule has 1 amide bonds. The number of aryl methyl sites for hydroxylation is 1. The summed E-state index contributed by atoms with van der Waals surface area (Å²) in [6, 6.07) is 5.51. The lowest BCUT2D eigenvalue weighted by atomic mass is 10.00. The van der Waals surface area contributed by atoms with E-state index >= 15 is 0 Å². The summed E-state index contributed by atoms with van der Waals surface area (Å²) < 4.78 is 0. The summed E-state index contributed by atoms with van der Waals surface area (Å²) >= 11 is 4.25. The van der Waals surface area contributed by atoms with Crippen LogP contribution in [-0.2, 0) is 0 Å². The fourth-order valence-corrected chi connectivity index (χ4v) is 2.02. The molecule has 18 heavy (non-hydrogen) atoms. The van der Waals surface area contributed by atoms with Crippen molar-refractivity contribution in [1.82, 2.24) is 5.32 Å². The number of rotatable bonds is 5. The van der Waals surface area contributed by atoms with Gasteiger partial charge in [-0.1, -0.05) is 19.9 Å². The zero-order valence-corrected chi connectivity index (χ0v) is 12.0. The first-order valence-electron chi connectivity index (χ1n) is 6.17. The van der Waals surface area contributed by atoms with Crippen LogP contribution in [0.5, 0.6) is 0 Å². The van der Waals surface area contributed by atoms with Crippen molar-refractivity contribution >= 4 is 18.5 Å². The van der Waals surface area contributed by atoms with Gasteiger partial charge in [-0.3, -0.25) is 4.79 Å². The highest BCUT2D eigenvalue weighted by atomic mass is 32.1. The summed E-state index contributed by atoms with van der Waals surface area (Å²) in [6.07, 6.45) is 0.572. The third-order valence-corrected chi connectivity index (χ3v) is 3.31. The number of benzene rings is 1. The molecule has 0 fully saturated rings. The van der Waals surface area contributed by atoms with Crippen molar-refractivity contribution in [2.45, 2.75) is 38.1 Å². The van der Waals surface area contributed by atoms with Gasteiger partial charge in [0.05, 0.1) is 0 Å². The van der Waals surface area contributed by atoms with Crippen LogP contribution in [0.25, 0.3) is 0 Å². The average molecular weight is 267 g/mol. The van der Waals surface area contributed by atoms with Crippen LogP contribution in [0.15, 0.2) is 23.1 Å². The van der Waals surface area contributed by atoms with E-state index in [-0.39, 0.29) is 18.6 Å². The Morgan fingerprint density at radius 2 is 2.11 bits per heavy atom. The maximum Gasteiger partial charge on any atom is 0.251 e. The Morgan fingerprint density at radius 3 is 2.67 bits per heavy atom. The summed E-state index contributed by atoms with van der Waals surface area (Å²) in [5.74, 6) is 0.191. The monoisotopic (exact) mass is 267 g/mol. The minimum atomic E-state index is -0.101. The van der Waals surface area contributed by atoms with Crippen LogP contribution in [0.1, 0.15) is 36.2 Å². The molecule has 0 heterocycles. The normalized spacial score (nSPS) is 12.6. The molecule has 0 saturated heterocycles. The molecule has 3 nitrogen and oxygen atoms in total. The summed E-state index contributed by atoms with van der Waals surface area (Å²) in [7, 11) is 0. The highest BCUT2D eigenvalue weighted by Gasteiger charge is 2.17. The quantitative estimate of drug-likeness (QED) is 0.718. The van der Waals surface area contributed by atoms with E-state index in [9.17, 15) is 4.79 Å². The molecule has 4 heteroatoms. The summed E-state index contributed by atoms with van der Waals surface area (Å²) in [6.45, 7) is 6.04. The number of carbonyl (C=O) groups is 1. The molecule has 0 aliphatic heterocycles.